The van der Waals surface area contributed by atoms with Gasteiger partial charge in [-0.15, -0.1) is 0 Å². The number of piperidine rings is 1. The standard InChI is InChI=1S/C32H38N4O2/c37-30-21-27(25-9-3-1-4-10-25)13-18-34(30)23-28-14-19-35(24-32(28)15-7-8-16-32)31(38)36-20-17-33-22-29(36)26-11-5-2-6-12-26/h1-6,9-13,18,21,28-29,33H,7-8,14-17,19-20,22-24H2/t28-,29+/m1/s1. The molecule has 6 rings (SSSR count). The second-order valence-electron chi connectivity index (χ2n) is 11.4. The predicted molar refractivity (Wildman–Crippen MR) is 151 cm³/mol. The lowest BCUT2D eigenvalue weighted by Crippen LogP contribution is -2.58. The molecule has 198 valence electrons. The van der Waals surface area contributed by atoms with Crippen LogP contribution in [-0.4, -0.2) is 53.1 Å². The summed E-state index contributed by atoms with van der Waals surface area (Å²) in [5, 5.41) is 3.48. The SMILES string of the molecule is O=C(N1CC[C@H](Cn2ccc(-c3ccccc3)cc2=O)C2(CCCC2)C1)N1CCNC[C@H]1c1ccccc1. The predicted octanol–water partition coefficient (Wildman–Crippen LogP) is 5.16. The molecule has 1 aliphatic carbocycles. The molecule has 3 heterocycles. The van der Waals surface area contributed by atoms with Gasteiger partial charge in [-0.3, -0.25) is 4.79 Å². The Morgan fingerprint density at radius 1 is 0.921 bits per heavy atom. The average Bonchev–Trinajstić information content (AvgIpc) is 3.44. The highest BCUT2D eigenvalue weighted by Crippen LogP contribution is 2.49. The molecule has 3 fully saturated rings. The summed E-state index contributed by atoms with van der Waals surface area (Å²) >= 11 is 0. The number of piperazine rings is 1. The topological polar surface area (TPSA) is 57.6 Å². The first-order valence-electron chi connectivity index (χ1n) is 14.2. The summed E-state index contributed by atoms with van der Waals surface area (Å²) in [6.07, 6.45) is 7.61. The van der Waals surface area contributed by atoms with Gasteiger partial charge in [0, 0.05) is 51.5 Å². The van der Waals surface area contributed by atoms with Crippen LogP contribution in [0, 0.1) is 11.3 Å². The van der Waals surface area contributed by atoms with Crippen molar-refractivity contribution in [3.8, 4) is 11.1 Å². The highest BCUT2D eigenvalue weighted by Gasteiger charge is 2.47. The third-order valence-electron chi connectivity index (χ3n) is 9.18. The van der Waals surface area contributed by atoms with Crippen molar-refractivity contribution in [2.75, 3.05) is 32.7 Å². The zero-order valence-corrected chi connectivity index (χ0v) is 22.1. The lowest BCUT2D eigenvalue weighted by molar-refractivity contribution is 0.0235. The summed E-state index contributed by atoms with van der Waals surface area (Å²) in [4.78, 5) is 31.3. The number of amides is 2. The van der Waals surface area contributed by atoms with Gasteiger partial charge >= 0.3 is 6.03 Å². The third-order valence-corrected chi connectivity index (χ3v) is 9.18. The Kier molecular flexibility index (Phi) is 7.07. The number of hydrogen-bond donors (Lipinski definition) is 1. The molecule has 2 aromatic carbocycles. The first-order valence-corrected chi connectivity index (χ1v) is 14.2. The summed E-state index contributed by atoms with van der Waals surface area (Å²) < 4.78 is 1.90. The van der Waals surface area contributed by atoms with Crippen LogP contribution in [0.3, 0.4) is 0 Å². The van der Waals surface area contributed by atoms with Crippen LogP contribution in [0.25, 0.3) is 11.1 Å². The van der Waals surface area contributed by atoms with Crippen LogP contribution in [0.2, 0.25) is 0 Å². The highest BCUT2D eigenvalue weighted by molar-refractivity contribution is 5.75. The minimum atomic E-state index is 0.0597. The fourth-order valence-corrected chi connectivity index (χ4v) is 7.09. The third kappa shape index (κ3) is 4.90. The lowest BCUT2D eigenvalue weighted by atomic mass is 9.69. The minimum Gasteiger partial charge on any atom is -0.324 e. The minimum absolute atomic E-state index is 0.0597. The van der Waals surface area contributed by atoms with Crippen LogP contribution in [0.4, 0.5) is 4.79 Å². The molecule has 1 aromatic heterocycles. The maximum atomic E-state index is 13.9. The summed E-state index contributed by atoms with van der Waals surface area (Å²) in [7, 11) is 0. The second kappa shape index (κ2) is 10.8. The average molecular weight is 511 g/mol. The number of nitrogens with zero attached hydrogens (tertiary/aromatic N) is 3. The Morgan fingerprint density at radius 3 is 2.39 bits per heavy atom. The number of nitrogens with one attached hydrogen (secondary N) is 1. The van der Waals surface area contributed by atoms with Crippen molar-refractivity contribution in [1.29, 1.82) is 0 Å². The largest absolute Gasteiger partial charge is 0.324 e. The summed E-state index contributed by atoms with van der Waals surface area (Å²) in [5.41, 5.74) is 3.38. The van der Waals surface area contributed by atoms with Gasteiger partial charge in [-0.25, -0.2) is 4.79 Å². The molecule has 6 nitrogen and oxygen atoms in total. The molecule has 3 aromatic rings. The number of pyridine rings is 1. The summed E-state index contributed by atoms with van der Waals surface area (Å²) in [6, 6.07) is 24.5. The van der Waals surface area contributed by atoms with Gasteiger partial charge in [0.05, 0.1) is 6.04 Å². The number of carbonyl (C=O) groups excluding carboxylic acids is 1. The fraction of sp³-hybridized carbons (Fsp3) is 0.438. The molecule has 0 unspecified atom stereocenters. The number of hydrogen-bond acceptors (Lipinski definition) is 3. The number of carbonyl (C=O) groups is 1. The van der Waals surface area contributed by atoms with Crippen LogP contribution in [0.1, 0.15) is 43.7 Å². The van der Waals surface area contributed by atoms with Crippen molar-refractivity contribution >= 4 is 6.03 Å². The van der Waals surface area contributed by atoms with E-state index in [9.17, 15) is 9.59 Å². The van der Waals surface area contributed by atoms with Crippen molar-refractivity contribution in [1.82, 2.24) is 19.7 Å². The van der Waals surface area contributed by atoms with E-state index >= 15 is 0 Å². The number of rotatable bonds is 4. The van der Waals surface area contributed by atoms with E-state index in [-0.39, 0.29) is 23.0 Å². The van der Waals surface area contributed by atoms with Gasteiger partial charge in [-0.2, -0.15) is 0 Å². The molecule has 2 saturated heterocycles. The molecular formula is C32H38N4O2. The molecule has 0 radical (unpaired) electrons. The number of aromatic nitrogens is 1. The monoisotopic (exact) mass is 510 g/mol. The molecule has 0 bridgehead atoms. The van der Waals surface area contributed by atoms with Crippen LogP contribution < -0.4 is 10.9 Å². The zero-order valence-electron chi connectivity index (χ0n) is 22.1. The highest BCUT2D eigenvalue weighted by atomic mass is 16.2. The molecule has 2 amide bonds. The number of urea groups is 1. The smallest absolute Gasteiger partial charge is 0.320 e. The lowest BCUT2D eigenvalue weighted by Gasteiger charge is -2.49. The van der Waals surface area contributed by atoms with Crippen molar-refractivity contribution in [2.45, 2.75) is 44.7 Å². The molecule has 2 atom stereocenters. The Labute approximate surface area is 225 Å². The van der Waals surface area contributed by atoms with Gasteiger partial charge < -0.3 is 19.7 Å². The van der Waals surface area contributed by atoms with Crippen molar-refractivity contribution in [3.63, 3.8) is 0 Å². The zero-order chi connectivity index (χ0) is 26.0. The first kappa shape index (κ1) is 24.9. The normalized spacial score (nSPS) is 23.1. The summed E-state index contributed by atoms with van der Waals surface area (Å²) in [6.45, 7) is 4.65. The van der Waals surface area contributed by atoms with Gasteiger partial charge in [0.2, 0.25) is 0 Å². The van der Waals surface area contributed by atoms with E-state index < -0.39 is 0 Å². The van der Waals surface area contributed by atoms with Crippen LogP contribution in [0.15, 0.2) is 83.8 Å². The Balaban J connectivity index is 1.19. The molecule has 1 N–H and O–H groups in total. The molecule has 1 saturated carbocycles. The van der Waals surface area contributed by atoms with Gasteiger partial charge in [0.1, 0.15) is 0 Å². The Morgan fingerprint density at radius 2 is 1.66 bits per heavy atom. The van der Waals surface area contributed by atoms with E-state index in [4.69, 9.17) is 0 Å². The number of benzene rings is 2. The van der Waals surface area contributed by atoms with E-state index in [1.807, 2.05) is 47.2 Å². The number of likely N-dealkylation sites (tertiary alicyclic amines) is 1. The second-order valence-corrected chi connectivity index (χ2v) is 11.4. The molecule has 2 aliphatic heterocycles. The summed E-state index contributed by atoms with van der Waals surface area (Å²) in [5.74, 6) is 0.405. The van der Waals surface area contributed by atoms with Crippen LogP contribution in [-0.2, 0) is 6.54 Å². The molecular weight excluding hydrogens is 472 g/mol. The van der Waals surface area contributed by atoms with E-state index in [0.717, 1.165) is 69.7 Å². The maximum Gasteiger partial charge on any atom is 0.320 e. The van der Waals surface area contributed by atoms with Gasteiger partial charge in [0.15, 0.2) is 0 Å². The van der Waals surface area contributed by atoms with E-state index in [1.165, 1.54) is 18.4 Å². The van der Waals surface area contributed by atoms with Crippen molar-refractivity contribution in [3.05, 3.63) is 94.9 Å². The van der Waals surface area contributed by atoms with Crippen molar-refractivity contribution < 1.29 is 4.79 Å². The van der Waals surface area contributed by atoms with Crippen LogP contribution in [0.5, 0.6) is 0 Å². The van der Waals surface area contributed by atoms with E-state index in [0.29, 0.717) is 5.92 Å². The maximum absolute atomic E-state index is 13.9. The molecule has 38 heavy (non-hydrogen) atoms. The van der Waals surface area contributed by atoms with Gasteiger partial charge in [-0.05, 0) is 53.4 Å². The van der Waals surface area contributed by atoms with Gasteiger partial charge in [-0.1, -0.05) is 73.5 Å². The quantitative estimate of drug-likeness (QED) is 0.527. The van der Waals surface area contributed by atoms with Gasteiger partial charge in [0.25, 0.3) is 5.56 Å². The Hall–Kier alpha value is -3.38. The molecule has 1 spiro atoms. The van der Waals surface area contributed by atoms with Crippen molar-refractivity contribution in [2.24, 2.45) is 11.3 Å². The van der Waals surface area contributed by atoms with E-state index in [2.05, 4.69) is 45.4 Å². The first-order chi connectivity index (χ1) is 18.6. The Bertz CT molecular complexity index is 1300. The van der Waals surface area contributed by atoms with Crippen LogP contribution >= 0.6 is 0 Å². The fourth-order valence-electron chi connectivity index (χ4n) is 7.09. The van der Waals surface area contributed by atoms with E-state index in [1.54, 1.807) is 6.07 Å². The molecule has 3 aliphatic rings. The molecule has 6 heteroatoms.